The third-order valence-electron chi connectivity index (χ3n) is 3.87. The van der Waals surface area contributed by atoms with Crippen LogP contribution in [0, 0.1) is 12.8 Å². The second kappa shape index (κ2) is 6.71. The van der Waals surface area contributed by atoms with Crippen LogP contribution in [-0.2, 0) is 0 Å². The van der Waals surface area contributed by atoms with Crippen LogP contribution < -0.4 is 10.2 Å². The van der Waals surface area contributed by atoms with E-state index in [1.165, 1.54) is 18.4 Å². The minimum Gasteiger partial charge on any atom is -0.353 e. The van der Waals surface area contributed by atoms with E-state index < -0.39 is 0 Å². The van der Waals surface area contributed by atoms with Gasteiger partial charge in [0.1, 0.15) is 5.82 Å². The van der Waals surface area contributed by atoms with E-state index in [1.54, 1.807) is 0 Å². The van der Waals surface area contributed by atoms with Gasteiger partial charge in [-0.2, -0.15) is 0 Å². The van der Waals surface area contributed by atoms with Gasteiger partial charge in [-0.1, -0.05) is 0 Å². The van der Waals surface area contributed by atoms with Crippen LogP contribution in [0.4, 0.5) is 5.82 Å². The second-order valence-corrected chi connectivity index (χ2v) is 6.50. The molecular formula is C15H24BrN3. The van der Waals surface area contributed by atoms with Gasteiger partial charge in [-0.3, -0.25) is 0 Å². The Morgan fingerprint density at radius 2 is 2.11 bits per heavy atom. The van der Waals surface area contributed by atoms with Gasteiger partial charge in [0.05, 0.1) is 4.47 Å². The van der Waals surface area contributed by atoms with Gasteiger partial charge >= 0.3 is 0 Å². The van der Waals surface area contributed by atoms with Crippen LogP contribution >= 0.6 is 15.9 Å². The molecule has 0 radical (unpaired) electrons. The lowest BCUT2D eigenvalue weighted by Crippen LogP contribution is -2.40. The number of nitrogens with zero attached hydrogens (tertiary/aromatic N) is 2. The molecule has 1 aromatic rings. The molecule has 1 fully saturated rings. The first-order valence-electron chi connectivity index (χ1n) is 7.18. The van der Waals surface area contributed by atoms with Crippen molar-refractivity contribution in [1.29, 1.82) is 0 Å². The highest BCUT2D eigenvalue weighted by Gasteiger charge is 2.21. The highest BCUT2D eigenvalue weighted by Crippen LogP contribution is 2.29. The molecule has 4 heteroatoms. The van der Waals surface area contributed by atoms with Gasteiger partial charge in [0.15, 0.2) is 0 Å². The van der Waals surface area contributed by atoms with E-state index in [9.17, 15) is 0 Å². The summed E-state index contributed by atoms with van der Waals surface area (Å²) in [4.78, 5) is 7.03. The standard InChI is InChI=1S/C15H24BrN3/c1-11(2)19(10-13-5-7-17-8-6-13)15-14(16)12(3)4-9-18-15/h4,9,11,13,17H,5-8,10H2,1-3H3. The van der Waals surface area contributed by atoms with Crippen molar-refractivity contribution in [3.8, 4) is 0 Å². The summed E-state index contributed by atoms with van der Waals surface area (Å²) in [5.74, 6) is 1.87. The van der Waals surface area contributed by atoms with E-state index in [0.717, 1.165) is 35.8 Å². The molecule has 0 spiro atoms. The molecule has 106 valence electrons. The molecule has 3 nitrogen and oxygen atoms in total. The smallest absolute Gasteiger partial charge is 0.143 e. The van der Waals surface area contributed by atoms with Gasteiger partial charge in [-0.15, -0.1) is 0 Å². The molecule has 1 aliphatic heterocycles. The first-order valence-corrected chi connectivity index (χ1v) is 7.97. The van der Waals surface area contributed by atoms with Crippen LogP contribution in [0.15, 0.2) is 16.7 Å². The lowest BCUT2D eigenvalue weighted by atomic mass is 9.97. The van der Waals surface area contributed by atoms with E-state index in [2.05, 4.69) is 58.0 Å². The number of halogens is 1. The fraction of sp³-hybridized carbons (Fsp3) is 0.667. The summed E-state index contributed by atoms with van der Waals surface area (Å²) in [6.07, 6.45) is 4.45. The highest BCUT2D eigenvalue weighted by molar-refractivity contribution is 9.10. The summed E-state index contributed by atoms with van der Waals surface area (Å²) < 4.78 is 1.14. The number of anilines is 1. The van der Waals surface area contributed by atoms with Crippen LogP contribution in [0.5, 0.6) is 0 Å². The fourth-order valence-electron chi connectivity index (χ4n) is 2.61. The first-order chi connectivity index (χ1) is 9.09. The molecule has 1 aromatic heterocycles. The zero-order valence-electron chi connectivity index (χ0n) is 12.1. The number of hydrogen-bond acceptors (Lipinski definition) is 3. The molecule has 2 rings (SSSR count). The molecule has 0 bridgehead atoms. The van der Waals surface area contributed by atoms with E-state index in [1.807, 2.05) is 6.20 Å². The van der Waals surface area contributed by atoms with Crippen molar-refractivity contribution in [3.63, 3.8) is 0 Å². The Bertz CT molecular complexity index is 414. The van der Waals surface area contributed by atoms with Crippen molar-refractivity contribution in [1.82, 2.24) is 10.3 Å². The summed E-state index contributed by atoms with van der Waals surface area (Å²) in [5.41, 5.74) is 1.25. The summed E-state index contributed by atoms with van der Waals surface area (Å²) in [6.45, 7) is 10.0. The van der Waals surface area contributed by atoms with Gasteiger partial charge < -0.3 is 10.2 Å². The van der Waals surface area contributed by atoms with Crippen molar-refractivity contribution in [2.24, 2.45) is 5.92 Å². The van der Waals surface area contributed by atoms with Crippen molar-refractivity contribution >= 4 is 21.7 Å². The van der Waals surface area contributed by atoms with E-state index >= 15 is 0 Å². The summed E-state index contributed by atoms with van der Waals surface area (Å²) >= 11 is 3.70. The average Bonchev–Trinajstić information content (AvgIpc) is 2.40. The van der Waals surface area contributed by atoms with Crippen molar-refractivity contribution in [3.05, 3.63) is 22.3 Å². The Morgan fingerprint density at radius 3 is 2.74 bits per heavy atom. The Labute approximate surface area is 124 Å². The number of rotatable bonds is 4. The van der Waals surface area contributed by atoms with Gasteiger partial charge in [-0.05, 0) is 80.2 Å². The molecular weight excluding hydrogens is 302 g/mol. The minimum absolute atomic E-state index is 0.473. The van der Waals surface area contributed by atoms with Crippen molar-refractivity contribution in [2.75, 3.05) is 24.5 Å². The van der Waals surface area contributed by atoms with Gasteiger partial charge in [0, 0.05) is 18.8 Å². The van der Waals surface area contributed by atoms with Crippen LogP contribution in [0.2, 0.25) is 0 Å². The van der Waals surface area contributed by atoms with Crippen LogP contribution in [0.1, 0.15) is 32.3 Å². The lowest BCUT2D eigenvalue weighted by Gasteiger charge is -2.34. The fourth-order valence-corrected chi connectivity index (χ4v) is 3.07. The Balaban J connectivity index is 2.17. The van der Waals surface area contributed by atoms with Crippen LogP contribution in [0.25, 0.3) is 0 Å². The Morgan fingerprint density at radius 1 is 1.42 bits per heavy atom. The topological polar surface area (TPSA) is 28.2 Å². The number of pyridine rings is 1. The SMILES string of the molecule is Cc1ccnc(N(CC2CCNCC2)C(C)C)c1Br. The Hall–Kier alpha value is -0.610. The van der Waals surface area contributed by atoms with Crippen molar-refractivity contribution in [2.45, 2.75) is 39.7 Å². The highest BCUT2D eigenvalue weighted by atomic mass is 79.9. The number of nitrogens with one attached hydrogen (secondary N) is 1. The van der Waals surface area contributed by atoms with Gasteiger partial charge in [-0.25, -0.2) is 4.98 Å². The summed E-state index contributed by atoms with van der Waals surface area (Å²) in [6, 6.07) is 2.52. The number of piperidine rings is 1. The minimum atomic E-state index is 0.473. The molecule has 0 saturated carbocycles. The molecule has 1 N–H and O–H groups in total. The first kappa shape index (κ1) is 14.8. The van der Waals surface area contributed by atoms with Crippen molar-refractivity contribution < 1.29 is 0 Å². The molecule has 1 aliphatic rings. The molecule has 0 aromatic carbocycles. The summed E-state index contributed by atoms with van der Waals surface area (Å²) in [5, 5.41) is 3.43. The third-order valence-corrected chi connectivity index (χ3v) is 4.85. The van der Waals surface area contributed by atoms with E-state index in [4.69, 9.17) is 0 Å². The second-order valence-electron chi connectivity index (χ2n) is 5.70. The van der Waals surface area contributed by atoms with E-state index in [-0.39, 0.29) is 0 Å². The maximum atomic E-state index is 4.59. The number of aryl methyl sites for hydroxylation is 1. The molecule has 19 heavy (non-hydrogen) atoms. The predicted octanol–water partition coefficient (Wildman–Crippen LogP) is 3.37. The zero-order valence-corrected chi connectivity index (χ0v) is 13.7. The molecule has 0 atom stereocenters. The quantitative estimate of drug-likeness (QED) is 0.919. The lowest BCUT2D eigenvalue weighted by molar-refractivity contribution is 0.367. The zero-order chi connectivity index (χ0) is 13.8. The molecule has 1 saturated heterocycles. The number of hydrogen-bond donors (Lipinski definition) is 1. The predicted molar refractivity (Wildman–Crippen MR) is 84.7 cm³/mol. The van der Waals surface area contributed by atoms with E-state index in [0.29, 0.717) is 6.04 Å². The van der Waals surface area contributed by atoms with Crippen LogP contribution in [-0.4, -0.2) is 30.7 Å². The van der Waals surface area contributed by atoms with Gasteiger partial charge in [0.2, 0.25) is 0 Å². The third kappa shape index (κ3) is 3.69. The maximum absolute atomic E-state index is 4.59. The maximum Gasteiger partial charge on any atom is 0.143 e. The Kier molecular flexibility index (Phi) is 5.22. The molecule has 0 aliphatic carbocycles. The molecule has 0 unspecified atom stereocenters. The van der Waals surface area contributed by atoms with Crippen LogP contribution in [0.3, 0.4) is 0 Å². The normalized spacial score (nSPS) is 16.9. The molecule has 0 amide bonds. The molecule has 2 heterocycles. The van der Waals surface area contributed by atoms with Gasteiger partial charge in [0.25, 0.3) is 0 Å². The summed E-state index contributed by atoms with van der Waals surface area (Å²) in [7, 11) is 0. The average molecular weight is 326 g/mol. The monoisotopic (exact) mass is 325 g/mol. The number of aromatic nitrogens is 1. The largest absolute Gasteiger partial charge is 0.353 e.